The quantitative estimate of drug-likeness (QED) is 0.828. The third-order valence-corrected chi connectivity index (χ3v) is 3.22. The van der Waals surface area contributed by atoms with E-state index in [1.54, 1.807) is 6.20 Å². The van der Waals surface area contributed by atoms with Gasteiger partial charge in [0.1, 0.15) is 0 Å². The lowest BCUT2D eigenvalue weighted by Gasteiger charge is -2.19. The summed E-state index contributed by atoms with van der Waals surface area (Å²) in [7, 11) is 2.01. The molecule has 2 aromatic heterocycles. The summed E-state index contributed by atoms with van der Waals surface area (Å²) in [5.74, 6) is 0. The largest absolute Gasteiger partial charge is 0.398 e. The summed E-state index contributed by atoms with van der Waals surface area (Å²) in [6.07, 6.45) is 9.20. The fraction of sp³-hybridized carbons (Fsp3) is 0.429. The van der Waals surface area contributed by atoms with Gasteiger partial charge in [-0.3, -0.25) is 4.98 Å². The molecule has 0 spiro atoms. The van der Waals surface area contributed by atoms with Gasteiger partial charge in [0.2, 0.25) is 0 Å². The molecule has 19 heavy (non-hydrogen) atoms. The fourth-order valence-electron chi connectivity index (χ4n) is 2.13. The number of nitrogen functional groups attached to an aromatic ring is 1. The van der Waals surface area contributed by atoms with Gasteiger partial charge in [0.05, 0.1) is 18.1 Å². The van der Waals surface area contributed by atoms with Crippen LogP contribution in [0.1, 0.15) is 30.6 Å². The number of rotatable bonds is 6. The Bertz CT molecular complexity index is 520. The van der Waals surface area contributed by atoms with E-state index < -0.39 is 0 Å². The van der Waals surface area contributed by atoms with Crippen LogP contribution in [0.2, 0.25) is 0 Å². The standard InChI is InChI=1S/C14H21N5/c1-3-5-18-13(14-9-17-10-19(14)2)7-11-8-16-6-4-12(11)15/h4,6,8-10,13,18H,3,5,7H2,1-2H3,(H2,15,16). The number of hydrogen-bond donors (Lipinski definition) is 2. The van der Waals surface area contributed by atoms with Gasteiger partial charge in [-0.15, -0.1) is 0 Å². The summed E-state index contributed by atoms with van der Waals surface area (Å²) >= 11 is 0. The van der Waals surface area contributed by atoms with Gasteiger partial charge in [0.15, 0.2) is 0 Å². The number of nitrogens with two attached hydrogens (primary N) is 1. The lowest BCUT2D eigenvalue weighted by atomic mass is 10.0. The van der Waals surface area contributed by atoms with E-state index in [0.29, 0.717) is 0 Å². The topological polar surface area (TPSA) is 68.8 Å². The van der Waals surface area contributed by atoms with Gasteiger partial charge in [0, 0.05) is 31.3 Å². The molecule has 0 aliphatic rings. The van der Waals surface area contributed by atoms with Gasteiger partial charge in [0.25, 0.3) is 0 Å². The van der Waals surface area contributed by atoms with E-state index in [1.807, 2.05) is 36.4 Å². The number of imidazole rings is 1. The van der Waals surface area contributed by atoms with Crippen molar-refractivity contribution >= 4 is 5.69 Å². The van der Waals surface area contributed by atoms with Crippen LogP contribution in [0.15, 0.2) is 31.0 Å². The van der Waals surface area contributed by atoms with E-state index in [1.165, 1.54) is 0 Å². The molecule has 2 rings (SSSR count). The van der Waals surface area contributed by atoms with Gasteiger partial charge in [-0.05, 0) is 31.0 Å². The smallest absolute Gasteiger partial charge is 0.0946 e. The van der Waals surface area contributed by atoms with Gasteiger partial charge in [-0.25, -0.2) is 4.98 Å². The molecule has 0 saturated carbocycles. The van der Waals surface area contributed by atoms with Gasteiger partial charge < -0.3 is 15.6 Å². The molecule has 5 heteroatoms. The van der Waals surface area contributed by atoms with Crippen molar-refractivity contribution in [1.29, 1.82) is 0 Å². The van der Waals surface area contributed by atoms with Crippen molar-refractivity contribution in [3.63, 3.8) is 0 Å². The number of aryl methyl sites for hydroxylation is 1. The molecule has 1 atom stereocenters. The van der Waals surface area contributed by atoms with Crippen LogP contribution < -0.4 is 11.1 Å². The third kappa shape index (κ3) is 3.32. The van der Waals surface area contributed by atoms with Crippen LogP contribution in [0.3, 0.4) is 0 Å². The second kappa shape index (κ2) is 6.33. The van der Waals surface area contributed by atoms with Crippen molar-refractivity contribution in [2.24, 2.45) is 7.05 Å². The summed E-state index contributed by atoms with van der Waals surface area (Å²) in [5.41, 5.74) is 9.02. The Balaban J connectivity index is 2.19. The predicted octanol–water partition coefficient (Wildman–Crippen LogP) is 1.68. The normalized spacial score (nSPS) is 12.5. The van der Waals surface area contributed by atoms with Crippen LogP contribution in [-0.4, -0.2) is 21.1 Å². The first-order chi connectivity index (χ1) is 9.22. The Morgan fingerprint density at radius 2 is 2.21 bits per heavy atom. The van der Waals surface area contributed by atoms with Crippen LogP contribution >= 0.6 is 0 Å². The summed E-state index contributed by atoms with van der Waals surface area (Å²) < 4.78 is 2.04. The first kappa shape index (κ1) is 13.5. The molecule has 0 aliphatic heterocycles. The van der Waals surface area contributed by atoms with Crippen molar-refractivity contribution < 1.29 is 0 Å². The minimum absolute atomic E-state index is 0.207. The first-order valence-corrected chi connectivity index (χ1v) is 6.60. The number of nitrogens with one attached hydrogen (secondary N) is 1. The van der Waals surface area contributed by atoms with E-state index in [2.05, 4.69) is 22.2 Å². The van der Waals surface area contributed by atoms with Gasteiger partial charge in [-0.1, -0.05) is 6.92 Å². The molecule has 2 heterocycles. The molecule has 0 amide bonds. The Morgan fingerprint density at radius 3 is 2.84 bits per heavy atom. The molecule has 0 radical (unpaired) electrons. The van der Waals surface area contributed by atoms with Crippen molar-refractivity contribution in [2.45, 2.75) is 25.8 Å². The lowest BCUT2D eigenvalue weighted by molar-refractivity contribution is 0.504. The number of aromatic nitrogens is 3. The van der Waals surface area contributed by atoms with Crippen molar-refractivity contribution in [3.05, 3.63) is 42.2 Å². The molecular weight excluding hydrogens is 238 g/mol. The average Bonchev–Trinajstić information content (AvgIpc) is 2.83. The van der Waals surface area contributed by atoms with Gasteiger partial charge >= 0.3 is 0 Å². The van der Waals surface area contributed by atoms with Crippen LogP contribution in [0.25, 0.3) is 0 Å². The zero-order valence-electron chi connectivity index (χ0n) is 11.5. The summed E-state index contributed by atoms with van der Waals surface area (Å²) in [6, 6.07) is 2.05. The van der Waals surface area contributed by atoms with Crippen molar-refractivity contribution in [3.8, 4) is 0 Å². The average molecular weight is 259 g/mol. The number of anilines is 1. The molecule has 0 bridgehead atoms. The van der Waals surface area contributed by atoms with E-state index in [4.69, 9.17) is 5.73 Å². The molecule has 3 N–H and O–H groups in total. The number of nitrogens with zero attached hydrogens (tertiary/aromatic N) is 3. The molecule has 5 nitrogen and oxygen atoms in total. The SMILES string of the molecule is CCCNC(Cc1cnccc1N)c1cncn1C. The van der Waals surface area contributed by atoms with E-state index in [0.717, 1.165) is 36.3 Å². The maximum absolute atomic E-state index is 6.00. The van der Waals surface area contributed by atoms with Crippen molar-refractivity contribution in [2.75, 3.05) is 12.3 Å². The van der Waals surface area contributed by atoms with E-state index in [9.17, 15) is 0 Å². The zero-order valence-corrected chi connectivity index (χ0v) is 11.5. The summed E-state index contributed by atoms with van der Waals surface area (Å²) in [6.45, 7) is 3.13. The fourth-order valence-corrected chi connectivity index (χ4v) is 2.13. The first-order valence-electron chi connectivity index (χ1n) is 6.60. The van der Waals surface area contributed by atoms with Crippen LogP contribution in [0.5, 0.6) is 0 Å². The van der Waals surface area contributed by atoms with Crippen LogP contribution in [0, 0.1) is 0 Å². The maximum Gasteiger partial charge on any atom is 0.0946 e. The lowest BCUT2D eigenvalue weighted by Crippen LogP contribution is -2.26. The highest BCUT2D eigenvalue weighted by Gasteiger charge is 2.16. The molecule has 0 aromatic carbocycles. The molecule has 102 valence electrons. The van der Waals surface area contributed by atoms with Gasteiger partial charge in [-0.2, -0.15) is 0 Å². The van der Waals surface area contributed by atoms with Crippen molar-refractivity contribution in [1.82, 2.24) is 19.9 Å². The molecular formula is C14H21N5. The Kier molecular flexibility index (Phi) is 4.52. The highest BCUT2D eigenvalue weighted by molar-refractivity contribution is 5.45. The molecule has 0 saturated heterocycles. The Hall–Kier alpha value is -1.88. The monoisotopic (exact) mass is 259 g/mol. The molecule has 0 aliphatic carbocycles. The predicted molar refractivity (Wildman–Crippen MR) is 76.6 cm³/mol. The number of hydrogen-bond acceptors (Lipinski definition) is 4. The summed E-state index contributed by atoms with van der Waals surface area (Å²) in [4.78, 5) is 8.34. The molecule has 1 unspecified atom stereocenters. The Labute approximate surface area is 113 Å². The van der Waals surface area contributed by atoms with Crippen LogP contribution in [0.4, 0.5) is 5.69 Å². The Morgan fingerprint density at radius 1 is 1.37 bits per heavy atom. The summed E-state index contributed by atoms with van der Waals surface area (Å²) in [5, 5.41) is 3.54. The van der Waals surface area contributed by atoms with Crippen LogP contribution in [-0.2, 0) is 13.5 Å². The second-order valence-corrected chi connectivity index (χ2v) is 4.71. The van der Waals surface area contributed by atoms with E-state index in [-0.39, 0.29) is 6.04 Å². The molecule has 0 fully saturated rings. The second-order valence-electron chi connectivity index (χ2n) is 4.71. The highest BCUT2D eigenvalue weighted by Crippen LogP contribution is 2.20. The highest BCUT2D eigenvalue weighted by atomic mass is 15.1. The van der Waals surface area contributed by atoms with E-state index >= 15 is 0 Å². The number of pyridine rings is 1. The third-order valence-electron chi connectivity index (χ3n) is 3.22. The minimum atomic E-state index is 0.207. The maximum atomic E-state index is 6.00. The minimum Gasteiger partial charge on any atom is -0.398 e. The zero-order chi connectivity index (χ0) is 13.7. The molecule has 2 aromatic rings.